The third kappa shape index (κ3) is 14.3. The zero-order valence-corrected chi connectivity index (χ0v) is 58.4. The summed E-state index contributed by atoms with van der Waals surface area (Å²) >= 11 is 5.55. The quantitative estimate of drug-likeness (QED) is 0.0331. The topological polar surface area (TPSA) is 552 Å². The lowest BCUT2D eigenvalue weighted by Crippen LogP contribution is -2.68. The second-order valence-electron chi connectivity index (χ2n) is 30.7. The number of anilines is 2. The van der Waals surface area contributed by atoms with Gasteiger partial charge < -0.3 is 142 Å². The van der Waals surface area contributed by atoms with E-state index in [4.69, 9.17) is 81.9 Å². The number of nitrogens with two attached hydrogens (primary N) is 4. The number of rotatable bonds is 12. The molecule has 5 aliphatic heterocycles. The molecule has 0 aromatic carbocycles. The predicted octanol–water partition coefficient (Wildman–Crippen LogP) is -2.78. The third-order valence-corrected chi connectivity index (χ3v) is 24.3. The number of aliphatic hydroxyl groups is 14. The maximum Gasteiger partial charge on any atom is 0.317 e. The number of fused-ring (bicyclic) bond motifs is 7. The molecule has 5 saturated heterocycles. The van der Waals surface area contributed by atoms with Crippen molar-refractivity contribution in [3.05, 3.63) is 22.5 Å². The Morgan fingerprint density at radius 2 is 1.16 bits per heavy atom. The number of carbonyl (C=O) groups excluding carboxylic acids is 2. The van der Waals surface area contributed by atoms with E-state index in [0.29, 0.717) is 25.7 Å². The lowest BCUT2D eigenvalue weighted by molar-refractivity contribution is -0.374. The fourth-order valence-electron chi connectivity index (χ4n) is 18.2. The number of esters is 1. The van der Waals surface area contributed by atoms with E-state index in [0.717, 1.165) is 24.8 Å². The molecule has 22 N–H and O–H groups in total. The first kappa shape index (κ1) is 79.6. The fraction of sp³-hybridized carbons (Fsp3) is 0.859. The molecule has 564 valence electrons. The number of hydrogen-bond donors (Lipinski definition) is 18. The number of aliphatic imine (C=N–C) groups is 1. The van der Waals surface area contributed by atoms with Gasteiger partial charge in [0.2, 0.25) is 6.29 Å². The Bertz CT molecular complexity index is 3090. The minimum Gasteiger partial charge on any atom is -0.432 e. The Morgan fingerprint density at radius 3 is 1.77 bits per heavy atom. The van der Waals surface area contributed by atoms with Gasteiger partial charge in [0.1, 0.15) is 97.0 Å². The molecule has 0 radical (unpaired) electrons. The van der Waals surface area contributed by atoms with E-state index < -0.39 is 207 Å². The van der Waals surface area contributed by atoms with Crippen molar-refractivity contribution in [3.63, 3.8) is 0 Å². The second-order valence-corrected chi connectivity index (χ2v) is 31.1. The maximum atomic E-state index is 15.4. The molecule has 11 rings (SSSR count). The molecule has 5 aliphatic carbocycles. The van der Waals surface area contributed by atoms with Crippen molar-refractivity contribution in [2.45, 2.75) is 274 Å². The number of aliphatic hydroxyl groups excluding tert-OH is 14. The van der Waals surface area contributed by atoms with Gasteiger partial charge >= 0.3 is 11.9 Å². The van der Waals surface area contributed by atoms with Gasteiger partial charge in [-0.05, 0) is 116 Å². The van der Waals surface area contributed by atoms with Gasteiger partial charge in [0.05, 0.1) is 44.2 Å². The summed E-state index contributed by atoms with van der Waals surface area (Å²) in [4.78, 5) is 37.1. The van der Waals surface area contributed by atoms with Crippen LogP contribution in [0.2, 0.25) is 5.15 Å². The van der Waals surface area contributed by atoms with Crippen LogP contribution in [0.1, 0.15) is 131 Å². The van der Waals surface area contributed by atoms with Gasteiger partial charge in [-0.2, -0.15) is 4.99 Å². The van der Waals surface area contributed by atoms with Gasteiger partial charge in [0, 0.05) is 0 Å². The van der Waals surface area contributed by atoms with Gasteiger partial charge in [-0.1, -0.05) is 71.7 Å². The molecule has 10 aliphatic rings. The Hall–Kier alpha value is -3.51. The summed E-state index contributed by atoms with van der Waals surface area (Å²) in [6.07, 6.45) is -29.2. The number of guanidine groups is 1. The number of amides is 1. The molecular formula is C64H103Cl2N7O26. The van der Waals surface area contributed by atoms with Crippen molar-refractivity contribution >= 4 is 53.5 Å². The summed E-state index contributed by atoms with van der Waals surface area (Å²) in [6, 6.07) is 0. The van der Waals surface area contributed by atoms with Crippen molar-refractivity contribution in [1.82, 2.24) is 9.97 Å². The smallest absolute Gasteiger partial charge is 0.317 e. The first-order valence-corrected chi connectivity index (χ1v) is 34.0. The van der Waals surface area contributed by atoms with E-state index in [1.807, 2.05) is 0 Å². The van der Waals surface area contributed by atoms with E-state index in [-0.39, 0.29) is 82.4 Å². The van der Waals surface area contributed by atoms with Crippen LogP contribution in [-0.4, -0.2) is 273 Å². The minimum absolute atomic E-state index is 0. The van der Waals surface area contributed by atoms with Crippen LogP contribution >= 0.6 is 24.0 Å². The van der Waals surface area contributed by atoms with Crippen molar-refractivity contribution in [2.24, 2.45) is 66.7 Å². The monoisotopic (exact) mass is 1460 g/mol. The number of allylic oxidation sites excluding steroid dienone is 2. The molecular weight excluding hydrogens is 1350 g/mol. The first-order valence-electron chi connectivity index (χ1n) is 33.6. The number of nitrogen functional groups attached to an aromatic ring is 2. The fourth-order valence-corrected chi connectivity index (χ4v) is 18.4. The summed E-state index contributed by atoms with van der Waals surface area (Å²) in [5.41, 5.74) is 18.2. The van der Waals surface area contributed by atoms with Crippen LogP contribution in [0.3, 0.4) is 0 Å². The number of halogens is 2. The van der Waals surface area contributed by atoms with Crippen molar-refractivity contribution in [1.29, 1.82) is 0 Å². The van der Waals surface area contributed by atoms with Crippen LogP contribution in [0.5, 0.6) is 0 Å². The molecule has 0 bridgehead atoms. The highest BCUT2D eigenvalue weighted by molar-refractivity contribution is 6.31. The van der Waals surface area contributed by atoms with E-state index in [2.05, 4.69) is 69.5 Å². The van der Waals surface area contributed by atoms with Crippen LogP contribution in [0, 0.1) is 50.2 Å². The number of aromatic nitrogens is 2. The molecule has 32 unspecified atom stereocenters. The molecule has 1 amide bonds. The molecule has 33 nitrogen and oxygen atoms in total. The number of nitrogens with zero attached hydrogens (tertiary/aromatic N) is 3. The van der Waals surface area contributed by atoms with Crippen molar-refractivity contribution in [2.75, 3.05) is 31.3 Å². The summed E-state index contributed by atoms with van der Waals surface area (Å²) in [7, 11) is 0. The lowest BCUT2D eigenvalue weighted by atomic mass is 9.33. The molecule has 32 atom stereocenters. The standard InChI is InChI=1S/C58H94O25.C6H8ClN7O.ClH/c1-23-44(80-47-40(69)34(63)27(60)21-74-47)38(67)42(71)48(76-23)79-33-13-14-55(7)30(54(33,5)6)12-15-56(8)31(55)11-10-25-26-18-53(3,4)16-17-58(26,32(62)19-57(25,56)9)52(73)83-51-46(35(64)28(61)22-75-51)82-49-43(72)39(68)45(24(2)77-49)81-50-41(70)37(66)36(65)29(20-59)78-50;7-2-4(9)13-3(8)1(12-2)5(15)14-6(10)11;/h10,23-24,26-51,59-72H,11-22H2,1-9H3;(H4,8,9,13)(H4,10,11,14,15);1H. The van der Waals surface area contributed by atoms with Crippen molar-refractivity contribution < 1.29 is 128 Å². The maximum absolute atomic E-state index is 15.4. The molecule has 6 heterocycles. The molecule has 4 saturated carbocycles. The Balaban J connectivity index is 0.000000634. The zero-order chi connectivity index (χ0) is 72.2. The van der Waals surface area contributed by atoms with Gasteiger partial charge in [-0.25, -0.2) is 9.97 Å². The van der Waals surface area contributed by atoms with Crippen LogP contribution in [-0.2, 0) is 52.2 Å². The van der Waals surface area contributed by atoms with Crippen LogP contribution < -0.4 is 22.9 Å². The first-order chi connectivity index (χ1) is 45.7. The van der Waals surface area contributed by atoms with Crippen molar-refractivity contribution in [3.8, 4) is 0 Å². The van der Waals surface area contributed by atoms with Gasteiger partial charge in [-0.15, -0.1) is 12.4 Å². The van der Waals surface area contributed by atoms with Crippen LogP contribution in [0.4, 0.5) is 11.6 Å². The number of hydrogen-bond acceptors (Lipinski definition) is 30. The predicted molar refractivity (Wildman–Crippen MR) is 345 cm³/mol. The van der Waals surface area contributed by atoms with Gasteiger partial charge in [0.25, 0.3) is 0 Å². The second kappa shape index (κ2) is 29.8. The highest BCUT2D eigenvalue weighted by Crippen LogP contribution is 2.76. The third-order valence-electron chi connectivity index (χ3n) is 24.0. The Morgan fingerprint density at radius 1 is 0.616 bits per heavy atom. The van der Waals surface area contributed by atoms with Gasteiger partial charge in [0.15, 0.2) is 59.7 Å². The lowest BCUT2D eigenvalue weighted by Gasteiger charge is -2.71. The minimum atomic E-state index is -1.93. The zero-order valence-electron chi connectivity index (χ0n) is 56.8. The summed E-state index contributed by atoms with van der Waals surface area (Å²) in [5.74, 6) is -2.50. The summed E-state index contributed by atoms with van der Waals surface area (Å²) < 4.78 is 59.6. The largest absolute Gasteiger partial charge is 0.432 e. The summed E-state index contributed by atoms with van der Waals surface area (Å²) in [6.45, 7) is 17.2. The molecule has 1 aromatic heterocycles. The highest BCUT2D eigenvalue weighted by Gasteiger charge is 2.72. The average molecular weight is 1460 g/mol. The molecule has 9 fully saturated rings. The SMILES string of the molecule is CC1OC(OC2CCC3(C)C(CCC4(C)C3CC=C3C5CC(C)(C)CCC5(C(=O)OC5OCC(O)C(O)C5OC5OC(C)C(OC6OC(CO)C(O)C(O)C6O)C(O)C5O)C(O)CC34C)C2(C)C)C(O)C(O)C1OC1OCC(O)C(O)C1O.Cl.NC(N)=NC(=O)c1nc(Cl)c(N)nc1N. The number of ether oxygens (including phenoxy) is 10. The van der Waals surface area contributed by atoms with E-state index in [1.54, 1.807) is 6.92 Å². The van der Waals surface area contributed by atoms with Crippen LogP contribution in [0.25, 0.3) is 0 Å². The van der Waals surface area contributed by atoms with E-state index in [9.17, 15) is 76.3 Å². The molecule has 1 aromatic rings. The average Bonchev–Trinajstić information content (AvgIpc) is 0.672. The van der Waals surface area contributed by atoms with E-state index in [1.165, 1.54) is 6.92 Å². The summed E-state index contributed by atoms with van der Waals surface area (Å²) in [5, 5.41) is 152. The van der Waals surface area contributed by atoms with E-state index >= 15 is 4.79 Å². The normalized spacial score (nSPS) is 47.7. The highest BCUT2D eigenvalue weighted by atomic mass is 35.5. The Labute approximate surface area is 583 Å². The molecule has 0 spiro atoms. The number of carbonyl (C=O) groups is 2. The van der Waals surface area contributed by atoms with Crippen LogP contribution in [0.15, 0.2) is 16.6 Å². The molecule has 35 heteroatoms. The Kier molecular flexibility index (Phi) is 24.0. The van der Waals surface area contributed by atoms with Gasteiger partial charge in [-0.3, -0.25) is 9.59 Å². The molecule has 99 heavy (non-hydrogen) atoms.